The van der Waals surface area contributed by atoms with Crippen LogP contribution in [0.3, 0.4) is 0 Å². The molecule has 1 fully saturated rings. The van der Waals surface area contributed by atoms with E-state index in [9.17, 15) is 9.59 Å². The lowest BCUT2D eigenvalue weighted by atomic mass is 10.0. The maximum absolute atomic E-state index is 12.9. The first kappa shape index (κ1) is 20.0. The largest absolute Gasteiger partial charge is 0.468 e. The summed E-state index contributed by atoms with van der Waals surface area (Å²) in [5.41, 5.74) is 3.09. The smallest absolute Gasteiger partial charge is 0.340 e. The van der Waals surface area contributed by atoms with Crippen molar-refractivity contribution in [3.63, 3.8) is 0 Å². The summed E-state index contributed by atoms with van der Waals surface area (Å²) in [6.07, 6.45) is 2.49. The number of aryl methyl sites for hydroxylation is 2. The predicted octanol–water partition coefficient (Wildman–Crippen LogP) is 2.31. The van der Waals surface area contributed by atoms with E-state index in [1.807, 2.05) is 18.2 Å². The summed E-state index contributed by atoms with van der Waals surface area (Å²) in [6, 6.07) is 5.85. The molecule has 0 radical (unpaired) electrons. The topological polar surface area (TPSA) is 73.9 Å². The maximum Gasteiger partial charge on any atom is 0.340 e. The highest BCUT2D eigenvalue weighted by Crippen LogP contribution is 2.24. The number of para-hydroxylation sites is 1. The highest BCUT2D eigenvalue weighted by atomic mass is 32.1. The summed E-state index contributed by atoms with van der Waals surface area (Å²) in [4.78, 5) is 24.1. The van der Waals surface area contributed by atoms with E-state index in [1.165, 1.54) is 7.11 Å². The van der Waals surface area contributed by atoms with E-state index in [0.29, 0.717) is 18.2 Å². The fraction of sp³-hybridized carbons (Fsp3) is 0.500. The molecule has 0 aliphatic carbocycles. The molecule has 2 N–H and O–H groups in total. The lowest BCUT2D eigenvalue weighted by Crippen LogP contribution is -2.51. The van der Waals surface area contributed by atoms with Crippen LogP contribution in [0.5, 0.6) is 0 Å². The average Bonchev–Trinajstić information content (AvgIpc) is 3.15. The molecule has 1 aromatic carbocycles. The van der Waals surface area contributed by atoms with Crippen molar-refractivity contribution in [2.75, 3.05) is 32.1 Å². The van der Waals surface area contributed by atoms with Crippen molar-refractivity contribution in [3.8, 4) is 0 Å². The number of esters is 1. The van der Waals surface area contributed by atoms with Gasteiger partial charge in [0, 0.05) is 18.8 Å². The van der Waals surface area contributed by atoms with Crippen molar-refractivity contribution in [2.24, 2.45) is 0 Å². The Hall–Kier alpha value is -2.35. The number of hydrogen-bond donors (Lipinski definition) is 2. The van der Waals surface area contributed by atoms with Crippen LogP contribution < -0.4 is 10.6 Å². The number of rotatable bonds is 5. The molecule has 0 unspecified atom stereocenters. The van der Waals surface area contributed by atoms with Crippen LogP contribution in [0.25, 0.3) is 0 Å². The second-order valence-corrected chi connectivity index (χ2v) is 6.31. The molecule has 1 aliphatic rings. The Balaban J connectivity index is 2.09. The molecule has 26 heavy (non-hydrogen) atoms. The summed E-state index contributed by atoms with van der Waals surface area (Å²) in [5, 5.41) is 9.49. The molecule has 7 nitrogen and oxygen atoms in total. The van der Waals surface area contributed by atoms with Crippen LogP contribution in [-0.4, -0.2) is 53.9 Å². The summed E-state index contributed by atoms with van der Waals surface area (Å²) in [6.45, 7) is 5.30. The molecule has 1 saturated heterocycles. The summed E-state index contributed by atoms with van der Waals surface area (Å²) >= 11 is 5.32. The Morgan fingerprint density at radius 1 is 1.15 bits per heavy atom. The number of urea groups is 1. The SMILES string of the molecule is CCc1cccc(CC)c1NC(=O)N1CCCN1C(=S)NCC(=O)OC. The van der Waals surface area contributed by atoms with Gasteiger partial charge in [-0.3, -0.25) is 9.80 Å². The van der Waals surface area contributed by atoms with E-state index >= 15 is 0 Å². The Bertz CT molecular complexity index is 658. The monoisotopic (exact) mass is 378 g/mol. The molecule has 2 amide bonds. The molecule has 2 rings (SSSR count). The Labute approximate surface area is 159 Å². The zero-order valence-corrected chi connectivity index (χ0v) is 16.3. The van der Waals surface area contributed by atoms with Gasteiger partial charge < -0.3 is 15.4 Å². The first-order valence-corrected chi connectivity index (χ1v) is 9.24. The van der Waals surface area contributed by atoms with Crippen LogP contribution in [-0.2, 0) is 22.4 Å². The van der Waals surface area contributed by atoms with Crippen molar-refractivity contribution < 1.29 is 14.3 Å². The minimum Gasteiger partial charge on any atom is -0.468 e. The number of nitrogens with zero attached hydrogens (tertiary/aromatic N) is 2. The zero-order chi connectivity index (χ0) is 19.1. The number of ether oxygens (including phenoxy) is 1. The second-order valence-electron chi connectivity index (χ2n) is 5.92. The molecule has 0 saturated carbocycles. The number of anilines is 1. The predicted molar refractivity (Wildman–Crippen MR) is 105 cm³/mol. The number of methoxy groups -OCH3 is 1. The fourth-order valence-electron chi connectivity index (χ4n) is 2.92. The molecular weight excluding hydrogens is 352 g/mol. The van der Waals surface area contributed by atoms with Gasteiger partial charge >= 0.3 is 12.0 Å². The standard InChI is InChI=1S/C18H26N4O3S/c1-4-13-8-6-9-14(5-2)16(13)20-17(24)21-10-7-11-22(21)18(26)19-12-15(23)25-3/h6,8-9H,4-5,7,10-12H2,1-3H3,(H,19,26)(H,20,24). The van der Waals surface area contributed by atoms with Gasteiger partial charge in [0.1, 0.15) is 6.54 Å². The van der Waals surface area contributed by atoms with Gasteiger partial charge in [-0.25, -0.2) is 9.80 Å². The van der Waals surface area contributed by atoms with Gasteiger partial charge in [0.15, 0.2) is 5.11 Å². The van der Waals surface area contributed by atoms with Gasteiger partial charge in [-0.1, -0.05) is 32.0 Å². The molecular formula is C18H26N4O3S. The lowest BCUT2D eigenvalue weighted by Gasteiger charge is -2.30. The van der Waals surface area contributed by atoms with Crippen LogP contribution in [0, 0.1) is 0 Å². The van der Waals surface area contributed by atoms with Crippen molar-refractivity contribution in [3.05, 3.63) is 29.3 Å². The third-order valence-electron chi connectivity index (χ3n) is 4.34. The number of amides is 2. The van der Waals surface area contributed by atoms with E-state index in [2.05, 4.69) is 29.2 Å². The number of hydrazine groups is 1. The first-order valence-electron chi connectivity index (χ1n) is 8.83. The van der Waals surface area contributed by atoms with Crippen LogP contribution in [0.15, 0.2) is 18.2 Å². The first-order chi connectivity index (χ1) is 12.5. The van der Waals surface area contributed by atoms with Gasteiger partial charge in [-0.2, -0.15) is 0 Å². The third kappa shape index (κ3) is 4.63. The van der Waals surface area contributed by atoms with E-state index in [1.54, 1.807) is 10.0 Å². The average molecular weight is 378 g/mol. The molecule has 0 spiro atoms. The highest BCUT2D eigenvalue weighted by molar-refractivity contribution is 7.80. The minimum absolute atomic E-state index is 0.0278. The second kappa shape index (κ2) is 9.38. The van der Waals surface area contributed by atoms with Crippen molar-refractivity contribution in [1.82, 2.24) is 15.3 Å². The number of hydrogen-bond acceptors (Lipinski definition) is 4. The van der Waals surface area contributed by atoms with Gasteiger partial charge in [0.05, 0.1) is 7.11 Å². The van der Waals surface area contributed by atoms with Crippen molar-refractivity contribution >= 4 is 35.0 Å². The van der Waals surface area contributed by atoms with Crippen molar-refractivity contribution in [1.29, 1.82) is 0 Å². The number of benzene rings is 1. The summed E-state index contributed by atoms with van der Waals surface area (Å²) in [7, 11) is 1.32. The third-order valence-corrected chi connectivity index (χ3v) is 4.70. The zero-order valence-electron chi connectivity index (χ0n) is 15.5. The van der Waals surface area contributed by atoms with Gasteiger partial charge in [0.25, 0.3) is 0 Å². The quantitative estimate of drug-likeness (QED) is 0.605. The molecule has 0 aromatic heterocycles. The van der Waals surface area contributed by atoms with Crippen LogP contribution in [0.2, 0.25) is 0 Å². The van der Waals surface area contributed by atoms with Gasteiger partial charge in [0.2, 0.25) is 0 Å². The van der Waals surface area contributed by atoms with Gasteiger partial charge in [-0.05, 0) is 42.6 Å². The van der Waals surface area contributed by atoms with E-state index < -0.39 is 5.97 Å². The fourth-order valence-corrected chi connectivity index (χ4v) is 3.18. The molecule has 0 atom stereocenters. The lowest BCUT2D eigenvalue weighted by molar-refractivity contribution is -0.139. The maximum atomic E-state index is 12.9. The Kier molecular flexibility index (Phi) is 7.20. The number of nitrogens with one attached hydrogen (secondary N) is 2. The van der Waals surface area contributed by atoms with Crippen LogP contribution >= 0.6 is 12.2 Å². The number of carbonyl (C=O) groups is 2. The summed E-state index contributed by atoms with van der Waals surface area (Å²) in [5.74, 6) is -0.410. The molecule has 1 heterocycles. The molecule has 1 aromatic rings. The minimum atomic E-state index is -0.410. The highest BCUT2D eigenvalue weighted by Gasteiger charge is 2.29. The normalized spacial score (nSPS) is 13.5. The van der Waals surface area contributed by atoms with Crippen LogP contribution in [0.1, 0.15) is 31.4 Å². The van der Waals surface area contributed by atoms with E-state index in [4.69, 9.17) is 12.2 Å². The van der Waals surface area contributed by atoms with E-state index in [-0.39, 0.29) is 12.6 Å². The Morgan fingerprint density at radius 3 is 2.35 bits per heavy atom. The molecule has 8 heteroatoms. The molecule has 1 aliphatic heterocycles. The number of thiocarbonyl (C=S) groups is 1. The van der Waals surface area contributed by atoms with E-state index in [0.717, 1.165) is 36.1 Å². The summed E-state index contributed by atoms with van der Waals surface area (Å²) < 4.78 is 4.60. The van der Waals surface area contributed by atoms with Crippen LogP contribution in [0.4, 0.5) is 10.5 Å². The Morgan fingerprint density at radius 2 is 1.77 bits per heavy atom. The molecule has 0 bridgehead atoms. The van der Waals surface area contributed by atoms with Gasteiger partial charge in [-0.15, -0.1) is 0 Å². The number of carbonyl (C=O) groups excluding carboxylic acids is 2. The van der Waals surface area contributed by atoms with Crippen molar-refractivity contribution in [2.45, 2.75) is 33.1 Å². The molecule has 142 valence electrons.